The average Bonchev–Trinajstić information content (AvgIpc) is 2.69. The molecule has 0 atom stereocenters. The molecule has 0 unspecified atom stereocenters. The van der Waals surface area contributed by atoms with Crippen LogP contribution in [0.3, 0.4) is 0 Å². The predicted octanol–water partition coefficient (Wildman–Crippen LogP) is 4.00. The van der Waals surface area contributed by atoms with Gasteiger partial charge in [-0.25, -0.2) is 9.37 Å². The second-order valence-electron chi connectivity index (χ2n) is 5.42. The summed E-state index contributed by atoms with van der Waals surface area (Å²) >= 11 is 0. The third-order valence-corrected chi connectivity index (χ3v) is 3.59. The number of hydrogen-bond acceptors (Lipinski definition) is 5. The van der Waals surface area contributed by atoms with E-state index < -0.39 is 0 Å². The first-order valence-electron chi connectivity index (χ1n) is 8.08. The number of hydrogen-bond donors (Lipinski definition) is 0. The third kappa shape index (κ3) is 4.54. The molecule has 5 nitrogen and oxygen atoms in total. The van der Waals surface area contributed by atoms with Gasteiger partial charge in [-0.15, -0.1) is 0 Å². The van der Waals surface area contributed by atoms with Crippen LogP contribution in [0, 0.1) is 17.1 Å². The maximum atomic E-state index is 13.2. The van der Waals surface area contributed by atoms with Crippen molar-refractivity contribution in [3.8, 4) is 28.7 Å². The van der Waals surface area contributed by atoms with Gasteiger partial charge in [0.25, 0.3) is 0 Å². The molecule has 0 spiro atoms. The second kappa shape index (κ2) is 8.58. The van der Waals surface area contributed by atoms with Gasteiger partial charge in [0.2, 0.25) is 0 Å². The normalized spacial score (nSPS) is 10.2. The van der Waals surface area contributed by atoms with Crippen molar-refractivity contribution in [2.24, 2.45) is 0 Å². The Morgan fingerprint density at radius 3 is 2.58 bits per heavy atom. The van der Waals surface area contributed by atoms with E-state index in [2.05, 4.69) is 9.97 Å². The van der Waals surface area contributed by atoms with Crippen LogP contribution >= 0.6 is 0 Å². The van der Waals surface area contributed by atoms with Gasteiger partial charge in [0.15, 0.2) is 0 Å². The molecule has 6 heteroatoms. The lowest BCUT2D eigenvalue weighted by molar-refractivity contribution is 0.247. The van der Waals surface area contributed by atoms with Gasteiger partial charge in [0, 0.05) is 18.2 Å². The summed E-state index contributed by atoms with van der Waals surface area (Å²) in [6, 6.07) is 13.3. The summed E-state index contributed by atoms with van der Waals surface area (Å²) in [6.07, 6.45) is 5.51. The molecule has 0 saturated carbocycles. The van der Waals surface area contributed by atoms with Crippen LogP contribution in [-0.2, 0) is 0 Å². The lowest BCUT2D eigenvalue weighted by Crippen LogP contribution is -2.06. The smallest absolute Gasteiger partial charge is 0.145 e. The SMILES string of the molecule is N#Cc1cc(-c2ccc(F)cc2)c(OCCCOc2cccnc2)cn1. The van der Waals surface area contributed by atoms with E-state index in [0.717, 1.165) is 5.56 Å². The standard InChI is InChI=1S/C20H16FN3O2/c21-16-6-4-15(5-7-16)19-11-17(12-22)24-14-20(19)26-10-2-9-25-18-3-1-8-23-13-18/h1,3-8,11,13-14H,2,9-10H2. The lowest BCUT2D eigenvalue weighted by Gasteiger charge is -2.12. The number of ether oxygens (including phenoxy) is 2. The van der Waals surface area contributed by atoms with Gasteiger partial charge in [-0.1, -0.05) is 12.1 Å². The van der Waals surface area contributed by atoms with Crippen molar-refractivity contribution in [1.29, 1.82) is 5.26 Å². The fraction of sp³-hybridized carbons (Fsp3) is 0.150. The zero-order valence-electron chi connectivity index (χ0n) is 13.9. The highest BCUT2D eigenvalue weighted by molar-refractivity contribution is 5.70. The number of pyridine rings is 2. The zero-order valence-corrected chi connectivity index (χ0v) is 13.9. The molecule has 0 amide bonds. The van der Waals surface area contributed by atoms with Gasteiger partial charge in [0.05, 0.1) is 25.6 Å². The first-order valence-corrected chi connectivity index (χ1v) is 8.08. The van der Waals surface area contributed by atoms with Crippen LogP contribution in [0.15, 0.2) is 61.1 Å². The fourth-order valence-electron chi connectivity index (χ4n) is 2.34. The molecule has 0 aliphatic carbocycles. The van der Waals surface area contributed by atoms with Gasteiger partial charge >= 0.3 is 0 Å². The Balaban J connectivity index is 1.63. The molecule has 3 aromatic rings. The molecule has 2 heterocycles. The van der Waals surface area contributed by atoms with E-state index in [-0.39, 0.29) is 11.5 Å². The Morgan fingerprint density at radius 2 is 1.85 bits per heavy atom. The summed E-state index contributed by atoms with van der Waals surface area (Å²) in [5.41, 5.74) is 1.73. The summed E-state index contributed by atoms with van der Waals surface area (Å²) in [5.74, 6) is 0.926. The van der Waals surface area contributed by atoms with Crippen molar-refractivity contribution in [2.45, 2.75) is 6.42 Å². The molecule has 2 aromatic heterocycles. The summed E-state index contributed by atoms with van der Waals surface area (Å²) in [5, 5.41) is 9.06. The van der Waals surface area contributed by atoms with Gasteiger partial charge in [0.1, 0.15) is 29.1 Å². The first kappa shape index (κ1) is 17.4. The van der Waals surface area contributed by atoms with Crippen LogP contribution in [0.5, 0.6) is 11.5 Å². The maximum Gasteiger partial charge on any atom is 0.145 e. The van der Waals surface area contributed by atoms with Gasteiger partial charge < -0.3 is 9.47 Å². The van der Waals surface area contributed by atoms with E-state index in [0.29, 0.717) is 36.7 Å². The van der Waals surface area contributed by atoms with Crippen LogP contribution in [-0.4, -0.2) is 23.2 Å². The number of aromatic nitrogens is 2. The highest BCUT2D eigenvalue weighted by Gasteiger charge is 2.09. The number of rotatable bonds is 7. The number of nitriles is 1. The van der Waals surface area contributed by atoms with E-state index in [1.807, 2.05) is 18.2 Å². The fourth-order valence-corrected chi connectivity index (χ4v) is 2.34. The van der Waals surface area contributed by atoms with E-state index in [1.165, 1.54) is 18.3 Å². The minimum Gasteiger partial charge on any atom is -0.492 e. The first-order chi connectivity index (χ1) is 12.8. The van der Waals surface area contributed by atoms with Crippen molar-refractivity contribution < 1.29 is 13.9 Å². The molecule has 0 bridgehead atoms. The summed E-state index contributed by atoms with van der Waals surface area (Å²) in [7, 11) is 0. The molecule has 0 N–H and O–H groups in total. The number of nitrogens with zero attached hydrogens (tertiary/aromatic N) is 3. The molecule has 0 fully saturated rings. The van der Waals surface area contributed by atoms with Crippen LogP contribution < -0.4 is 9.47 Å². The highest BCUT2D eigenvalue weighted by atomic mass is 19.1. The Morgan fingerprint density at radius 1 is 1.04 bits per heavy atom. The molecule has 26 heavy (non-hydrogen) atoms. The molecule has 0 saturated heterocycles. The van der Waals surface area contributed by atoms with Crippen molar-refractivity contribution in [1.82, 2.24) is 9.97 Å². The predicted molar refractivity (Wildman–Crippen MR) is 94.2 cm³/mol. The quantitative estimate of drug-likeness (QED) is 0.603. The molecule has 3 rings (SSSR count). The minimum absolute atomic E-state index is 0.275. The largest absolute Gasteiger partial charge is 0.492 e. The topological polar surface area (TPSA) is 68.0 Å². The summed E-state index contributed by atoms with van der Waals surface area (Å²) < 4.78 is 24.5. The van der Waals surface area contributed by atoms with Crippen molar-refractivity contribution in [2.75, 3.05) is 13.2 Å². The average molecular weight is 349 g/mol. The molecule has 0 aliphatic heterocycles. The monoisotopic (exact) mass is 349 g/mol. The summed E-state index contributed by atoms with van der Waals surface area (Å²) in [4.78, 5) is 8.03. The van der Waals surface area contributed by atoms with Gasteiger partial charge in [-0.05, 0) is 35.9 Å². The van der Waals surface area contributed by atoms with E-state index in [4.69, 9.17) is 14.7 Å². The molecule has 0 radical (unpaired) electrons. The van der Waals surface area contributed by atoms with Crippen LogP contribution in [0.4, 0.5) is 4.39 Å². The van der Waals surface area contributed by atoms with E-state index in [1.54, 1.807) is 30.6 Å². The van der Waals surface area contributed by atoms with Gasteiger partial charge in [-0.2, -0.15) is 5.26 Å². The molecular weight excluding hydrogens is 333 g/mol. The highest BCUT2D eigenvalue weighted by Crippen LogP contribution is 2.30. The second-order valence-corrected chi connectivity index (χ2v) is 5.42. The van der Waals surface area contributed by atoms with Crippen molar-refractivity contribution in [3.05, 3.63) is 72.6 Å². The zero-order chi connectivity index (χ0) is 18.2. The third-order valence-electron chi connectivity index (χ3n) is 3.59. The number of halogens is 1. The van der Waals surface area contributed by atoms with E-state index in [9.17, 15) is 4.39 Å². The van der Waals surface area contributed by atoms with E-state index >= 15 is 0 Å². The van der Waals surface area contributed by atoms with Crippen LogP contribution in [0.2, 0.25) is 0 Å². The van der Waals surface area contributed by atoms with Crippen LogP contribution in [0.25, 0.3) is 11.1 Å². The Hall–Kier alpha value is -3.46. The van der Waals surface area contributed by atoms with Crippen LogP contribution in [0.1, 0.15) is 12.1 Å². The van der Waals surface area contributed by atoms with Crippen molar-refractivity contribution >= 4 is 0 Å². The minimum atomic E-state index is -0.321. The lowest BCUT2D eigenvalue weighted by atomic mass is 10.1. The Kier molecular flexibility index (Phi) is 5.73. The maximum absolute atomic E-state index is 13.2. The Bertz CT molecular complexity index is 893. The molecule has 1 aromatic carbocycles. The molecule has 130 valence electrons. The Labute approximate surface area is 150 Å². The molecule has 0 aliphatic rings. The summed E-state index contributed by atoms with van der Waals surface area (Å²) in [6.45, 7) is 0.906. The van der Waals surface area contributed by atoms with Gasteiger partial charge in [-0.3, -0.25) is 4.98 Å². The molecular formula is C20H16FN3O2. The number of benzene rings is 1. The van der Waals surface area contributed by atoms with Crippen molar-refractivity contribution in [3.63, 3.8) is 0 Å².